The first-order valence-electron chi connectivity index (χ1n) is 7.50. The van der Waals surface area contributed by atoms with E-state index in [4.69, 9.17) is 16.3 Å². The number of aromatic nitrogens is 3. The molecule has 0 bridgehead atoms. The molecule has 0 spiro atoms. The molecular weight excluding hydrogens is 358 g/mol. The lowest BCUT2D eigenvalue weighted by atomic mass is 10.2. The molecule has 9 heteroatoms. The van der Waals surface area contributed by atoms with Gasteiger partial charge in [0.25, 0.3) is 11.8 Å². The van der Waals surface area contributed by atoms with Crippen molar-refractivity contribution in [1.29, 1.82) is 0 Å². The minimum atomic E-state index is -0.610. The average Bonchev–Trinajstić information content (AvgIpc) is 3.17. The first-order valence-corrected chi connectivity index (χ1v) is 7.88. The Balaban J connectivity index is 1.67. The van der Waals surface area contributed by atoms with Gasteiger partial charge in [-0.1, -0.05) is 29.8 Å². The van der Waals surface area contributed by atoms with Crippen molar-refractivity contribution in [2.75, 3.05) is 7.11 Å². The Morgan fingerprint density at radius 2 is 1.81 bits per heavy atom. The zero-order valence-corrected chi connectivity index (χ0v) is 14.4. The summed E-state index contributed by atoms with van der Waals surface area (Å²) in [6.45, 7) is 0. The minimum Gasteiger partial charge on any atom is -0.496 e. The van der Waals surface area contributed by atoms with E-state index >= 15 is 0 Å². The minimum absolute atomic E-state index is 0.0483. The van der Waals surface area contributed by atoms with Crippen LogP contribution in [0.25, 0.3) is 5.69 Å². The highest BCUT2D eigenvalue weighted by Gasteiger charge is 2.16. The molecule has 1 aromatic heterocycles. The molecule has 0 saturated carbocycles. The van der Waals surface area contributed by atoms with Crippen molar-refractivity contribution in [2.45, 2.75) is 0 Å². The van der Waals surface area contributed by atoms with Crippen LogP contribution in [0.3, 0.4) is 0 Å². The molecule has 2 N–H and O–H groups in total. The van der Waals surface area contributed by atoms with Gasteiger partial charge in [0.2, 0.25) is 0 Å². The van der Waals surface area contributed by atoms with Gasteiger partial charge in [0.1, 0.15) is 5.75 Å². The second-order valence-electron chi connectivity index (χ2n) is 5.11. The van der Waals surface area contributed by atoms with Gasteiger partial charge < -0.3 is 4.74 Å². The van der Waals surface area contributed by atoms with Gasteiger partial charge in [-0.15, -0.1) is 5.10 Å². The molecule has 2 aromatic carbocycles. The van der Waals surface area contributed by atoms with Gasteiger partial charge in [-0.3, -0.25) is 20.4 Å². The van der Waals surface area contributed by atoms with E-state index in [0.29, 0.717) is 16.5 Å². The van der Waals surface area contributed by atoms with Crippen LogP contribution in [0.5, 0.6) is 5.75 Å². The van der Waals surface area contributed by atoms with E-state index in [-0.39, 0.29) is 11.3 Å². The Bertz CT molecular complexity index is 943. The molecule has 2 amide bonds. The van der Waals surface area contributed by atoms with Crippen molar-refractivity contribution in [3.63, 3.8) is 0 Å². The highest BCUT2D eigenvalue weighted by molar-refractivity contribution is 6.31. The summed E-state index contributed by atoms with van der Waals surface area (Å²) in [6, 6.07) is 13.7. The first-order chi connectivity index (χ1) is 12.6. The molecule has 0 radical (unpaired) electrons. The second-order valence-corrected chi connectivity index (χ2v) is 5.54. The summed E-state index contributed by atoms with van der Waals surface area (Å²) >= 11 is 5.89. The summed E-state index contributed by atoms with van der Waals surface area (Å²) in [5.74, 6) is -0.856. The largest absolute Gasteiger partial charge is 0.496 e. The van der Waals surface area contributed by atoms with E-state index < -0.39 is 11.8 Å². The fourth-order valence-electron chi connectivity index (χ4n) is 2.16. The molecule has 0 unspecified atom stereocenters. The number of carbonyl (C=O) groups excluding carboxylic acids is 2. The molecule has 0 aliphatic rings. The first kappa shape index (κ1) is 17.4. The van der Waals surface area contributed by atoms with Gasteiger partial charge >= 0.3 is 0 Å². The Morgan fingerprint density at radius 1 is 1.08 bits per heavy atom. The summed E-state index contributed by atoms with van der Waals surface area (Å²) in [6.07, 6.45) is 1.30. The van der Waals surface area contributed by atoms with Crippen molar-refractivity contribution in [2.24, 2.45) is 0 Å². The topological polar surface area (TPSA) is 98.1 Å². The molecule has 3 rings (SSSR count). The Morgan fingerprint density at radius 3 is 2.54 bits per heavy atom. The number of rotatable bonds is 4. The van der Waals surface area contributed by atoms with Crippen molar-refractivity contribution >= 4 is 23.4 Å². The summed E-state index contributed by atoms with van der Waals surface area (Å²) in [7, 11) is 1.43. The SMILES string of the molecule is COc1ccc(Cl)cc1C(=O)NNC(=O)c1cnn(-c2ccccc2)n1. The quantitative estimate of drug-likeness (QED) is 0.683. The Labute approximate surface area is 153 Å². The number of hydrogen-bond acceptors (Lipinski definition) is 5. The number of hydrogen-bond donors (Lipinski definition) is 2. The predicted molar refractivity (Wildman–Crippen MR) is 94.3 cm³/mol. The lowest BCUT2D eigenvalue weighted by molar-refractivity contribution is 0.0842. The summed E-state index contributed by atoms with van der Waals surface area (Å²) in [4.78, 5) is 25.7. The molecule has 3 aromatic rings. The van der Waals surface area contributed by atoms with E-state index in [2.05, 4.69) is 21.0 Å². The van der Waals surface area contributed by atoms with Gasteiger partial charge in [0.05, 0.1) is 24.6 Å². The van der Waals surface area contributed by atoms with Crippen molar-refractivity contribution in [3.05, 3.63) is 71.0 Å². The van der Waals surface area contributed by atoms with E-state index in [1.165, 1.54) is 24.2 Å². The zero-order valence-electron chi connectivity index (χ0n) is 13.6. The fraction of sp³-hybridized carbons (Fsp3) is 0.0588. The number of para-hydroxylation sites is 1. The van der Waals surface area contributed by atoms with Crippen LogP contribution in [0.1, 0.15) is 20.8 Å². The van der Waals surface area contributed by atoms with Crippen LogP contribution in [0, 0.1) is 0 Å². The van der Waals surface area contributed by atoms with Crippen molar-refractivity contribution < 1.29 is 14.3 Å². The number of hydrazine groups is 1. The summed E-state index contributed by atoms with van der Waals surface area (Å²) in [5, 5.41) is 8.47. The van der Waals surface area contributed by atoms with Crippen LogP contribution in [0.2, 0.25) is 5.02 Å². The predicted octanol–water partition coefficient (Wildman–Crippen LogP) is 2.00. The Hall–Kier alpha value is -3.39. The number of benzene rings is 2. The maximum absolute atomic E-state index is 12.2. The summed E-state index contributed by atoms with van der Waals surface area (Å²) < 4.78 is 5.11. The van der Waals surface area contributed by atoms with E-state index in [9.17, 15) is 9.59 Å². The van der Waals surface area contributed by atoms with Crippen LogP contribution in [-0.2, 0) is 0 Å². The molecule has 0 atom stereocenters. The second kappa shape index (κ2) is 7.66. The Kier molecular flexibility index (Phi) is 5.14. The molecule has 132 valence electrons. The molecule has 0 fully saturated rings. The van der Waals surface area contributed by atoms with Crippen molar-refractivity contribution in [3.8, 4) is 11.4 Å². The van der Waals surface area contributed by atoms with Crippen LogP contribution in [0.4, 0.5) is 0 Å². The van der Waals surface area contributed by atoms with Gasteiger partial charge in [-0.2, -0.15) is 9.90 Å². The van der Waals surface area contributed by atoms with Crippen LogP contribution >= 0.6 is 11.6 Å². The molecule has 0 aliphatic carbocycles. The normalized spacial score (nSPS) is 10.2. The molecule has 0 aliphatic heterocycles. The zero-order chi connectivity index (χ0) is 18.5. The van der Waals surface area contributed by atoms with Gasteiger partial charge in [0.15, 0.2) is 5.69 Å². The van der Waals surface area contributed by atoms with E-state index in [1.807, 2.05) is 18.2 Å². The monoisotopic (exact) mass is 371 g/mol. The number of amides is 2. The highest BCUT2D eigenvalue weighted by Crippen LogP contribution is 2.22. The third-order valence-corrected chi connectivity index (χ3v) is 3.64. The lowest BCUT2D eigenvalue weighted by Gasteiger charge is -2.10. The standard InChI is InChI=1S/C17H14ClN5O3/c1-26-15-8-7-11(18)9-13(15)16(24)20-21-17(25)14-10-19-23(22-14)12-5-3-2-4-6-12/h2-10H,1H3,(H,20,24)(H,21,25). The fourth-order valence-corrected chi connectivity index (χ4v) is 2.33. The molecule has 26 heavy (non-hydrogen) atoms. The number of nitrogens with one attached hydrogen (secondary N) is 2. The number of ether oxygens (including phenoxy) is 1. The molecule has 8 nitrogen and oxygen atoms in total. The maximum atomic E-state index is 12.2. The van der Waals surface area contributed by atoms with Crippen molar-refractivity contribution in [1.82, 2.24) is 25.8 Å². The van der Waals surface area contributed by atoms with E-state index in [1.54, 1.807) is 24.3 Å². The van der Waals surface area contributed by atoms with Crippen LogP contribution in [-0.4, -0.2) is 33.9 Å². The molecule has 1 heterocycles. The highest BCUT2D eigenvalue weighted by atomic mass is 35.5. The van der Waals surface area contributed by atoms with E-state index in [0.717, 1.165) is 0 Å². The summed E-state index contributed by atoms with van der Waals surface area (Å²) in [5.41, 5.74) is 5.52. The molecular formula is C17H14ClN5O3. The number of methoxy groups -OCH3 is 1. The number of nitrogens with zero attached hydrogens (tertiary/aromatic N) is 3. The lowest BCUT2D eigenvalue weighted by Crippen LogP contribution is -2.42. The van der Waals surface area contributed by atoms with Crippen LogP contribution < -0.4 is 15.6 Å². The average molecular weight is 372 g/mol. The number of halogens is 1. The maximum Gasteiger partial charge on any atom is 0.291 e. The van der Waals surface area contributed by atoms with Gasteiger partial charge in [-0.05, 0) is 30.3 Å². The smallest absolute Gasteiger partial charge is 0.291 e. The number of carbonyl (C=O) groups is 2. The molecule has 0 saturated heterocycles. The van der Waals surface area contributed by atoms with Gasteiger partial charge in [0, 0.05) is 5.02 Å². The van der Waals surface area contributed by atoms with Gasteiger partial charge in [-0.25, -0.2) is 0 Å². The third-order valence-electron chi connectivity index (χ3n) is 3.41. The van der Waals surface area contributed by atoms with Crippen LogP contribution in [0.15, 0.2) is 54.7 Å². The third kappa shape index (κ3) is 3.81.